The Balaban J connectivity index is 1.46. The Morgan fingerprint density at radius 2 is 2.04 bits per heavy atom. The minimum atomic E-state index is -0.400. The number of carbonyl (C=O) groups is 2. The predicted octanol–water partition coefficient (Wildman–Crippen LogP) is 1.98. The zero-order valence-electron chi connectivity index (χ0n) is 13.0. The summed E-state index contributed by atoms with van der Waals surface area (Å²) in [5.74, 6) is -0.197. The second kappa shape index (κ2) is 7.13. The highest BCUT2D eigenvalue weighted by Crippen LogP contribution is 2.13. The van der Waals surface area contributed by atoms with E-state index in [1.165, 1.54) is 5.56 Å². The molecule has 1 saturated heterocycles. The lowest BCUT2D eigenvalue weighted by Gasteiger charge is -2.17. The van der Waals surface area contributed by atoms with Crippen LogP contribution < -0.4 is 5.32 Å². The van der Waals surface area contributed by atoms with Crippen molar-refractivity contribution in [1.29, 1.82) is 0 Å². The molecule has 120 valence electrons. The maximum atomic E-state index is 12.4. The third-order valence-electron chi connectivity index (χ3n) is 4.18. The van der Waals surface area contributed by atoms with Crippen LogP contribution in [0.15, 0.2) is 48.7 Å². The van der Waals surface area contributed by atoms with E-state index in [4.69, 9.17) is 0 Å². The molecule has 2 heterocycles. The number of rotatable bonds is 6. The Morgan fingerprint density at radius 1 is 1.22 bits per heavy atom. The molecular formula is C18H21N3O2. The maximum absolute atomic E-state index is 12.4. The van der Waals surface area contributed by atoms with Gasteiger partial charge in [0, 0.05) is 19.3 Å². The molecule has 0 spiro atoms. The first-order chi connectivity index (χ1) is 11.2. The summed E-state index contributed by atoms with van der Waals surface area (Å²) in [5, 5.41) is 2.81. The monoisotopic (exact) mass is 311 g/mol. The van der Waals surface area contributed by atoms with E-state index in [-0.39, 0.29) is 11.8 Å². The molecule has 1 aliphatic rings. The molecule has 23 heavy (non-hydrogen) atoms. The van der Waals surface area contributed by atoms with Gasteiger partial charge in [0.05, 0.1) is 0 Å². The number of nitrogens with one attached hydrogen (secondary N) is 2. The first kappa shape index (κ1) is 15.3. The average molecular weight is 311 g/mol. The zero-order valence-corrected chi connectivity index (χ0v) is 13.0. The fourth-order valence-corrected chi connectivity index (χ4v) is 2.92. The van der Waals surface area contributed by atoms with Crippen molar-refractivity contribution in [2.75, 3.05) is 13.1 Å². The standard InChI is InChI=1S/C18H21N3O2/c22-17(15-9-4-11-19-15)20-16-10-13-21(18(16)23)12-5-8-14-6-2-1-3-7-14/h1-4,6-7,9,11,16,19H,5,8,10,12-13H2,(H,20,22)/t16-/m0/s1. The fourth-order valence-electron chi connectivity index (χ4n) is 2.92. The average Bonchev–Trinajstić information content (AvgIpc) is 3.21. The number of likely N-dealkylation sites (tertiary alicyclic amines) is 1. The first-order valence-corrected chi connectivity index (χ1v) is 8.01. The Labute approximate surface area is 135 Å². The molecule has 1 fully saturated rings. The molecule has 5 nitrogen and oxygen atoms in total. The summed E-state index contributed by atoms with van der Waals surface area (Å²) in [4.78, 5) is 29.1. The van der Waals surface area contributed by atoms with Crippen molar-refractivity contribution >= 4 is 11.8 Å². The van der Waals surface area contributed by atoms with Gasteiger partial charge in [-0.25, -0.2) is 0 Å². The number of aromatic amines is 1. The van der Waals surface area contributed by atoms with E-state index >= 15 is 0 Å². The number of nitrogens with zero attached hydrogens (tertiary/aromatic N) is 1. The summed E-state index contributed by atoms with van der Waals surface area (Å²) >= 11 is 0. The summed E-state index contributed by atoms with van der Waals surface area (Å²) in [7, 11) is 0. The summed E-state index contributed by atoms with van der Waals surface area (Å²) in [6, 6.07) is 13.3. The lowest BCUT2D eigenvalue weighted by Crippen LogP contribution is -2.41. The van der Waals surface area contributed by atoms with E-state index in [9.17, 15) is 9.59 Å². The van der Waals surface area contributed by atoms with Crippen molar-refractivity contribution in [3.05, 3.63) is 59.9 Å². The van der Waals surface area contributed by atoms with E-state index in [2.05, 4.69) is 22.4 Å². The summed E-state index contributed by atoms with van der Waals surface area (Å²) in [6.45, 7) is 1.45. The van der Waals surface area contributed by atoms with E-state index in [1.807, 2.05) is 23.1 Å². The second-order valence-corrected chi connectivity index (χ2v) is 5.81. The van der Waals surface area contributed by atoms with Gasteiger partial charge in [0.2, 0.25) is 5.91 Å². The van der Waals surface area contributed by atoms with Crippen LogP contribution in [-0.4, -0.2) is 40.8 Å². The highest BCUT2D eigenvalue weighted by molar-refractivity contribution is 5.96. The van der Waals surface area contributed by atoms with Crippen LogP contribution in [0.25, 0.3) is 0 Å². The summed E-state index contributed by atoms with van der Waals surface area (Å²) in [5.41, 5.74) is 1.77. The third kappa shape index (κ3) is 3.80. The topological polar surface area (TPSA) is 65.2 Å². The van der Waals surface area contributed by atoms with Gasteiger partial charge in [-0.1, -0.05) is 30.3 Å². The molecule has 2 aromatic rings. The van der Waals surface area contributed by atoms with E-state index in [0.717, 1.165) is 19.4 Å². The molecule has 1 aliphatic heterocycles. The van der Waals surface area contributed by atoms with Crippen LogP contribution in [0.5, 0.6) is 0 Å². The highest BCUT2D eigenvalue weighted by Gasteiger charge is 2.32. The molecule has 2 amide bonds. The van der Waals surface area contributed by atoms with Gasteiger partial charge in [-0.2, -0.15) is 0 Å². The predicted molar refractivity (Wildman–Crippen MR) is 88.0 cm³/mol. The smallest absolute Gasteiger partial charge is 0.268 e. The maximum Gasteiger partial charge on any atom is 0.268 e. The molecule has 0 saturated carbocycles. The molecule has 2 N–H and O–H groups in total. The first-order valence-electron chi connectivity index (χ1n) is 8.01. The molecule has 0 unspecified atom stereocenters. The summed E-state index contributed by atoms with van der Waals surface area (Å²) in [6.07, 6.45) is 4.27. The van der Waals surface area contributed by atoms with Crippen molar-refractivity contribution in [2.24, 2.45) is 0 Å². The number of aryl methyl sites for hydroxylation is 1. The molecule has 5 heteroatoms. The minimum Gasteiger partial charge on any atom is -0.357 e. The quantitative estimate of drug-likeness (QED) is 0.857. The van der Waals surface area contributed by atoms with Crippen LogP contribution in [0, 0.1) is 0 Å². The molecule has 1 aromatic carbocycles. The Hall–Kier alpha value is -2.56. The van der Waals surface area contributed by atoms with Gasteiger partial charge in [0.1, 0.15) is 11.7 Å². The lowest BCUT2D eigenvalue weighted by molar-refractivity contribution is -0.129. The Bertz CT molecular complexity index is 652. The van der Waals surface area contributed by atoms with Crippen LogP contribution in [0.2, 0.25) is 0 Å². The summed E-state index contributed by atoms with van der Waals surface area (Å²) < 4.78 is 0. The van der Waals surface area contributed by atoms with Crippen molar-refractivity contribution in [2.45, 2.75) is 25.3 Å². The van der Waals surface area contributed by atoms with E-state index < -0.39 is 6.04 Å². The fraction of sp³-hybridized carbons (Fsp3) is 0.333. The molecule has 1 aromatic heterocycles. The van der Waals surface area contributed by atoms with Gasteiger partial charge in [0.15, 0.2) is 0 Å². The number of hydrogen-bond acceptors (Lipinski definition) is 2. The van der Waals surface area contributed by atoms with Crippen LogP contribution in [0.4, 0.5) is 0 Å². The van der Waals surface area contributed by atoms with Gasteiger partial charge < -0.3 is 15.2 Å². The molecule has 3 rings (SSSR count). The van der Waals surface area contributed by atoms with Crippen LogP contribution >= 0.6 is 0 Å². The van der Waals surface area contributed by atoms with E-state index in [0.29, 0.717) is 18.7 Å². The van der Waals surface area contributed by atoms with Crippen molar-refractivity contribution in [1.82, 2.24) is 15.2 Å². The molecule has 1 atom stereocenters. The number of amides is 2. The minimum absolute atomic E-state index is 0.0259. The lowest BCUT2D eigenvalue weighted by atomic mass is 10.1. The van der Waals surface area contributed by atoms with Gasteiger partial charge in [-0.15, -0.1) is 0 Å². The highest BCUT2D eigenvalue weighted by atomic mass is 16.2. The molecular weight excluding hydrogens is 290 g/mol. The SMILES string of the molecule is O=C(N[C@H]1CCN(CCCc2ccccc2)C1=O)c1ccc[nH]1. The van der Waals surface area contributed by atoms with Gasteiger partial charge in [-0.05, 0) is 37.0 Å². The number of carbonyl (C=O) groups excluding carboxylic acids is 2. The van der Waals surface area contributed by atoms with Crippen molar-refractivity contribution in [3.8, 4) is 0 Å². The number of H-pyrrole nitrogens is 1. The van der Waals surface area contributed by atoms with Gasteiger partial charge in [0.25, 0.3) is 5.91 Å². The molecule has 0 bridgehead atoms. The zero-order chi connectivity index (χ0) is 16.1. The van der Waals surface area contributed by atoms with Crippen LogP contribution in [0.3, 0.4) is 0 Å². The van der Waals surface area contributed by atoms with Crippen LogP contribution in [-0.2, 0) is 11.2 Å². The van der Waals surface area contributed by atoms with Crippen molar-refractivity contribution in [3.63, 3.8) is 0 Å². The molecule has 0 radical (unpaired) electrons. The number of hydrogen-bond donors (Lipinski definition) is 2. The number of benzene rings is 1. The van der Waals surface area contributed by atoms with Gasteiger partial charge in [-0.3, -0.25) is 9.59 Å². The van der Waals surface area contributed by atoms with E-state index in [1.54, 1.807) is 18.3 Å². The van der Waals surface area contributed by atoms with Crippen molar-refractivity contribution < 1.29 is 9.59 Å². The largest absolute Gasteiger partial charge is 0.357 e. The third-order valence-corrected chi connectivity index (χ3v) is 4.18. The number of aromatic nitrogens is 1. The van der Waals surface area contributed by atoms with Crippen LogP contribution in [0.1, 0.15) is 28.9 Å². The van der Waals surface area contributed by atoms with Gasteiger partial charge >= 0.3 is 0 Å². The second-order valence-electron chi connectivity index (χ2n) is 5.81. The molecule has 0 aliphatic carbocycles. The Kier molecular flexibility index (Phi) is 4.76. The normalized spacial score (nSPS) is 17.5. The Morgan fingerprint density at radius 3 is 2.78 bits per heavy atom.